The summed E-state index contributed by atoms with van der Waals surface area (Å²) in [5.41, 5.74) is 4.28. The van der Waals surface area contributed by atoms with Gasteiger partial charge in [0, 0.05) is 26.2 Å². The molecule has 1 saturated heterocycles. The number of aliphatic imine (C=N–C) groups is 1. The van der Waals surface area contributed by atoms with E-state index in [1.54, 1.807) is 16.4 Å². The number of amidine groups is 1. The maximum atomic E-state index is 13.2. The molecule has 2 heterocycles. The van der Waals surface area contributed by atoms with Crippen molar-refractivity contribution in [2.75, 3.05) is 26.2 Å². The van der Waals surface area contributed by atoms with Gasteiger partial charge >= 0.3 is 0 Å². The molecule has 1 spiro atoms. The van der Waals surface area contributed by atoms with E-state index in [0.717, 1.165) is 30.1 Å². The predicted molar refractivity (Wildman–Crippen MR) is 125 cm³/mol. The molecule has 2 aliphatic rings. The van der Waals surface area contributed by atoms with Gasteiger partial charge in [0.05, 0.1) is 17.0 Å². The lowest BCUT2D eigenvalue weighted by Gasteiger charge is -2.44. The summed E-state index contributed by atoms with van der Waals surface area (Å²) in [6.07, 6.45) is 1.41. The van der Waals surface area contributed by atoms with Crippen molar-refractivity contribution in [1.82, 2.24) is 14.9 Å². The molecule has 2 N–H and O–H groups in total. The predicted octanol–water partition coefficient (Wildman–Crippen LogP) is 2.93. The summed E-state index contributed by atoms with van der Waals surface area (Å²) >= 11 is 0. The van der Waals surface area contributed by atoms with Crippen LogP contribution >= 0.6 is 0 Å². The Morgan fingerprint density at radius 1 is 1.06 bits per heavy atom. The number of rotatable bonds is 4. The zero-order valence-corrected chi connectivity index (χ0v) is 19.4. The second kappa shape index (κ2) is 8.73. The number of hydrogen-bond acceptors (Lipinski definition) is 5. The highest BCUT2D eigenvalue weighted by atomic mass is 32.2. The van der Waals surface area contributed by atoms with Crippen molar-refractivity contribution < 1.29 is 8.42 Å². The van der Waals surface area contributed by atoms with Gasteiger partial charge in [0.25, 0.3) is 0 Å². The minimum Gasteiger partial charge on any atom is -0.368 e. The molecule has 166 valence electrons. The lowest BCUT2D eigenvalue weighted by Crippen LogP contribution is -2.64. The van der Waals surface area contributed by atoms with E-state index in [9.17, 15) is 8.42 Å². The third kappa shape index (κ3) is 4.54. The maximum Gasteiger partial charge on any atom is 0.243 e. The zero-order valence-electron chi connectivity index (χ0n) is 18.6. The molecule has 0 radical (unpaired) electrons. The average molecular weight is 441 g/mol. The number of sulfonamides is 1. The van der Waals surface area contributed by atoms with E-state index in [0.29, 0.717) is 37.4 Å². The van der Waals surface area contributed by atoms with Crippen LogP contribution in [0.15, 0.2) is 52.4 Å². The Labute approximate surface area is 185 Å². The first-order valence-corrected chi connectivity index (χ1v) is 12.4. The van der Waals surface area contributed by atoms with Gasteiger partial charge in [0.2, 0.25) is 10.0 Å². The van der Waals surface area contributed by atoms with E-state index in [4.69, 9.17) is 4.99 Å². The van der Waals surface area contributed by atoms with Crippen LogP contribution < -0.4 is 10.6 Å². The van der Waals surface area contributed by atoms with E-state index in [1.165, 1.54) is 11.1 Å². The van der Waals surface area contributed by atoms with Crippen molar-refractivity contribution in [3.63, 3.8) is 0 Å². The summed E-state index contributed by atoms with van der Waals surface area (Å²) in [7, 11) is -3.49. The maximum absolute atomic E-state index is 13.2. The summed E-state index contributed by atoms with van der Waals surface area (Å²) in [5.74, 6) is 0.962. The second-order valence-corrected chi connectivity index (χ2v) is 10.7. The van der Waals surface area contributed by atoms with Gasteiger partial charge in [0.1, 0.15) is 5.84 Å². The molecule has 0 unspecified atom stereocenters. The van der Waals surface area contributed by atoms with Crippen LogP contribution in [0.1, 0.15) is 35.1 Å². The summed E-state index contributed by atoms with van der Waals surface area (Å²) < 4.78 is 28.0. The smallest absolute Gasteiger partial charge is 0.243 e. The van der Waals surface area contributed by atoms with Gasteiger partial charge in [-0.05, 0) is 62.4 Å². The largest absolute Gasteiger partial charge is 0.368 e. The van der Waals surface area contributed by atoms with Crippen LogP contribution in [0.5, 0.6) is 0 Å². The molecule has 0 saturated carbocycles. The Hall–Kier alpha value is -2.22. The van der Waals surface area contributed by atoms with Gasteiger partial charge in [-0.25, -0.2) is 8.42 Å². The molecule has 2 aromatic rings. The lowest BCUT2D eigenvalue weighted by molar-refractivity contribution is 0.241. The number of aryl methyl sites for hydroxylation is 3. The van der Waals surface area contributed by atoms with Gasteiger partial charge in [0.15, 0.2) is 0 Å². The molecular formula is C24H32N4O2S. The highest BCUT2D eigenvalue weighted by molar-refractivity contribution is 7.89. The number of benzene rings is 2. The standard InChI is InChI=1S/C24H32N4O2S/c1-18-5-4-6-21(15-18)17-26-23-24(27-12-11-25-23)9-13-28(14-10-24)31(29,30)22-8-7-19(2)20(3)16-22/h4-8,15-16,27H,9-14,17H2,1-3H3,(H,25,26). The minimum atomic E-state index is -3.49. The summed E-state index contributed by atoms with van der Waals surface area (Å²) in [5, 5.41) is 7.19. The van der Waals surface area contributed by atoms with Crippen molar-refractivity contribution in [2.24, 2.45) is 4.99 Å². The first-order chi connectivity index (χ1) is 14.8. The normalized spacial score (nSPS) is 19.3. The van der Waals surface area contributed by atoms with Crippen molar-refractivity contribution in [2.45, 2.75) is 50.6 Å². The fourth-order valence-corrected chi connectivity index (χ4v) is 6.00. The first kappa shape index (κ1) is 22.0. The summed E-state index contributed by atoms with van der Waals surface area (Å²) in [6.45, 7) is 9.28. The monoisotopic (exact) mass is 440 g/mol. The van der Waals surface area contributed by atoms with E-state index in [-0.39, 0.29) is 5.54 Å². The molecule has 0 aliphatic carbocycles. The molecule has 0 amide bonds. The van der Waals surface area contributed by atoms with Crippen molar-refractivity contribution in [3.05, 3.63) is 64.7 Å². The number of hydrogen-bond donors (Lipinski definition) is 2. The molecule has 7 heteroatoms. The highest BCUT2D eigenvalue weighted by Crippen LogP contribution is 2.29. The third-order valence-corrected chi connectivity index (χ3v) is 8.43. The van der Waals surface area contributed by atoms with Gasteiger partial charge in [-0.1, -0.05) is 35.9 Å². The van der Waals surface area contributed by atoms with Crippen molar-refractivity contribution in [1.29, 1.82) is 0 Å². The Morgan fingerprint density at radius 3 is 2.55 bits per heavy atom. The van der Waals surface area contributed by atoms with Crippen LogP contribution in [-0.2, 0) is 16.6 Å². The van der Waals surface area contributed by atoms with Crippen molar-refractivity contribution >= 4 is 15.9 Å². The molecule has 0 atom stereocenters. The Morgan fingerprint density at radius 2 is 1.84 bits per heavy atom. The van der Waals surface area contributed by atoms with Crippen LogP contribution in [0.2, 0.25) is 0 Å². The molecule has 2 aromatic carbocycles. The lowest BCUT2D eigenvalue weighted by atomic mass is 9.85. The Bertz CT molecular complexity index is 1090. The molecule has 0 bridgehead atoms. The topological polar surface area (TPSA) is 73.8 Å². The number of piperidine rings is 1. The fraction of sp³-hybridized carbons (Fsp3) is 0.458. The minimum absolute atomic E-state index is 0.280. The van der Waals surface area contributed by atoms with Crippen LogP contribution in [0, 0.1) is 20.8 Å². The average Bonchev–Trinajstić information content (AvgIpc) is 2.75. The van der Waals surface area contributed by atoms with Crippen LogP contribution in [0.4, 0.5) is 0 Å². The van der Waals surface area contributed by atoms with Crippen LogP contribution in [-0.4, -0.2) is 50.3 Å². The Kier molecular flexibility index (Phi) is 6.19. The van der Waals surface area contributed by atoms with Crippen LogP contribution in [0.25, 0.3) is 0 Å². The molecular weight excluding hydrogens is 408 g/mol. The van der Waals surface area contributed by atoms with Crippen molar-refractivity contribution in [3.8, 4) is 0 Å². The molecule has 2 aliphatic heterocycles. The molecule has 0 aromatic heterocycles. The Balaban J connectivity index is 1.46. The summed E-state index contributed by atoms with van der Waals surface area (Å²) in [4.78, 5) is 5.17. The van der Waals surface area contributed by atoms with Crippen LogP contribution in [0.3, 0.4) is 0 Å². The van der Waals surface area contributed by atoms with Gasteiger partial charge < -0.3 is 10.6 Å². The molecule has 31 heavy (non-hydrogen) atoms. The molecule has 1 fully saturated rings. The zero-order chi connectivity index (χ0) is 22.1. The van der Waals surface area contributed by atoms with Gasteiger partial charge in [-0.3, -0.25) is 4.99 Å². The van der Waals surface area contributed by atoms with E-state index in [1.807, 2.05) is 19.9 Å². The molecule has 4 rings (SSSR count). The second-order valence-electron chi connectivity index (χ2n) is 8.73. The van der Waals surface area contributed by atoms with E-state index in [2.05, 4.69) is 41.8 Å². The SMILES string of the molecule is Cc1cccc(CNC2=NCCNC23CCN(S(=O)(=O)c2ccc(C)c(C)c2)CC3)c1. The van der Waals surface area contributed by atoms with E-state index >= 15 is 0 Å². The summed E-state index contributed by atoms with van der Waals surface area (Å²) in [6, 6.07) is 13.8. The van der Waals surface area contributed by atoms with Gasteiger partial charge in [-0.2, -0.15) is 4.31 Å². The van der Waals surface area contributed by atoms with Gasteiger partial charge in [-0.15, -0.1) is 0 Å². The highest BCUT2D eigenvalue weighted by Gasteiger charge is 2.43. The number of nitrogens with zero attached hydrogens (tertiary/aromatic N) is 2. The molecule has 6 nitrogen and oxygen atoms in total. The quantitative estimate of drug-likeness (QED) is 0.767. The van der Waals surface area contributed by atoms with E-state index < -0.39 is 10.0 Å². The first-order valence-electron chi connectivity index (χ1n) is 11.0. The number of nitrogens with one attached hydrogen (secondary N) is 2. The third-order valence-electron chi connectivity index (χ3n) is 6.53. The fourth-order valence-electron chi connectivity index (χ4n) is 4.48.